The Hall–Kier alpha value is -1.54. The summed E-state index contributed by atoms with van der Waals surface area (Å²) < 4.78 is 40.8. The number of amides is 1. The van der Waals surface area contributed by atoms with Crippen LogP contribution in [0.5, 0.6) is 0 Å². The largest absolute Gasteiger partial charge is 0.465 e. The molecule has 0 aromatic carbocycles. The van der Waals surface area contributed by atoms with Gasteiger partial charge in [0.25, 0.3) is 10.1 Å². The number of ether oxygens (including phenoxy) is 1. The molecule has 0 saturated carbocycles. The minimum absolute atomic E-state index is 0.112. The number of hydrogen-bond donors (Lipinski definition) is 2. The van der Waals surface area contributed by atoms with Gasteiger partial charge in [0.15, 0.2) is 6.10 Å². The Morgan fingerprint density at radius 2 is 1.81 bits per heavy atom. The van der Waals surface area contributed by atoms with Crippen molar-refractivity contribution in [2.75, 3.05) is 12.3 Å². The van der Waals surface area contributed by atoms with Crippen LogP contribution in [0.3, 0.4) is 0 Å². The number of alkyl carbamates (subject to hydrolysis) is 1. The van der Waals surface area contributed by atoms with Crippen molar-refractivity contribution in [2.24, 2.45) is 0 Å². The standard InChI is InChI=1S/C19H33NO6S/c1-2-3-4-5-6-7-8-9-12-18(17-13-10-15-25-17)26-19(21)20-14-11-16-27(22,23)24/h10,13,15,18H,2-9,11-12,14,16H2,1H3,(H,20,21)(H,22,23,24). The molecule has 156 valence electrons. The summed E-state index contributed by atoms with van der Waals surface area (Å²) in [5.74, 6) is 0.207. The Bertz CT molecular complexity index is 600. The average Bonchev–Trinajstić information content (AvgIpc) is 3.14. The third kappa shape index (κ3) is 12.5. The van der Waals surface area contributed by atoms with E-state index in [2.05, 4.69) is 12.2 Å². The van der Waals surface area contributed by atoms with Gasteiger partial charge in [0.1, 0.15) is 5.76 Å². The zero-order chi connectivity index (χ0) is 20.0. The van der Waals surface area contributed by atoms with Crippen LogP contribution < -0.4 is 5.32 Å². The maximum atomic E-state index is 11.9. The molecule has 0 saturated heterocycles. The fourth-order valence-corrected chi connectivity index (χ4v) is 3.32. The highest BCUT2D eigenvalue weighted by molar-refractivity contribution is 7.85. The van der Waals surface area contributed by atoms with Crippen molar-refractivity contribution >= 4 is 16.2 Å². The summed E-state index contributed by atoms with van der Waals surface area (Å²) in [6.07, 6.45) is 10.8. The smallest absolute Gasteiger partial charge is 0.407 e. The van der Waals surface area contributed by atoms with Crippen molar-refractivity contribution in [3.63, 3.8) is 0 Å². The molecule has 1 rings (SSSR count). The van der Waals surface area contributed by atoms with Crippen LogP contribution >= 0.6 is 0 Å². The van der Waals surface area contributed by atoms with E-state index < -0.39 is 28.1 Å². The van der Waals surface area contributed by atoms with Crippen molar-refractivity contribution in [3.05, 3.63) is 24.2 Å². The van der Waals surface area contributed by atoms with Gasteiger partial charge in [0.05, 0.1) is 12.0 Å². The number of carbonyl (C=O) groups excluding carboxylic acids is 1. The van der Waals surface area contributed by atoms with E-state index in [-0.39, 0.29) is 13.0 Å². The van der Waals surface area contributed by atoms with Crippen LogP contribution in [0.1, 0.15) is 83.0 Å². The predicted molar refractivity (Wildman–Crippen MR) is 104 cm³/mol. The Kier molecular flexibility index (Phi) is 11.8. The van der Waals surface area contributed by atoms with Crippen LogP contribution in [0.25, 0.3) is 0 Å². The van der Waals surface area contributed by atoms with Crippen LogP contribution in [0.2, 0.25) is 0 Å². The second-order valence-corrected chi connectivity index (χ2v) is 8.31. The van der Waals surface area contributed by atoms with Gasteiger partial charge in [-0.2, -0.15) is 8.42 Å². The molecule has 0 aliphatic heterocycles. The first-order valence-electron chi connectivity index (χ1n) is 9.85. The van der Waals surface area contributed by atoms with Crippen LogP contribution in [0, 0.1) is 0 Å². The van der Waals surface area contributed by atoms with Crippen molar-refractivity contribution in [2.45, 2.75) is 77.2 Å². The molecule has 2 N–H and O–H groups in total. The van der Waals surface area contributed by atoms with Crippen molar-refractivity contribution in [1.29, 1.82) is 0 Å². The van der Waals surface area contributed by atoms with E-state index in [0.29, 0.717) is 12.2 Å². The van der Waals surface area contributed by atoms with Crippen molar-refractivity contribution < 1.29 is 26.9 Å². The SMILES string of the molecule is CCCCCCCCCCC(OC(=O)NCCCS(=O)(=O)O)c1ccco1. The summed E-state index contributed by atoms with van der Waals surface area (Å²) >= 11 is 0. The Balaban J connectivity index is 2.28. The molecule has 0 radical (unpaired) electrons. The lowest BCUT2D eigenvalue weighted by Crippen LogP contribution is -2.28. The number of unbranched alkanes of at least 4 members (excludes halogenated alkanes) is 7. The highest BCUT2D eigenvalue weighted by Gasteiger charge is 2.19. The van der Waals surface area contributed by atoms with E-state index in [1.165, 1.54) is 38.5 Å². The molecule has 0 aliphatic carbocycles. The van der Waals surface area contributed by atoms with E-state index in [9.17, 15) is 13.2 Å². The van der Waals surface area contributed by atoms with E-state index in [1.54, 1.807) is 18.4 Å². The molecule has 0 fully saturated rings. The van der Waals surface area contributed by atoms with Gasteiger partial charge in [-0.25, -0.2) is 4.79 Å². The van der Waals surface area contributed by atoms with Gasteiger partial charge in [-0.15, -0.1) is 0 Å². The highest BCUT2D eigenvalue weighted by atomic mass is 32.2. The van der Waals surface area contributed by atoms with Gasteiger partial charge in [-0.3, -0.25) is 4.55 Å². The summed E-state index contributed by atoms with van der Waals surface area (Å²) in [4.78, 5) is 11.9. The third-order valence-electron chi connectivity index (χ3n) is 4.28. The Morgan fingerprint density at radius 1 is 1.15 bits per heavy atom. The summed E-state index contributed by atoms with van der Waals surface area (Å²) in [6.45, 7) is 2.32. The third-order valence-corrected chi connectivity index (χ3v) is 5.08. The molecule has 0 bridgehead atoms. The first-order chi connectivity index (χ1) is 12.9. The lowest BCUT2D eigenvalue weighted by Gasteiger charge is -2.16. The Morgan fingerprint density at radius 3 is 2.41 bits per heavy atom. The summed E-state index contributed by atoms with van der Waals surface area (Å²) in [7, 11) is -4.01. The van der Waals surface area contributed by atoms with E-state index in [4.69, 9.17) is 13.7 Å². The Labute approximate surface area is 162 Å². The van der Waals surface area contributed by atoms with E-state index in [0.717, 1.165) is 12.8 Å². The van der Waals surface area contributed by atoms with E-state index in [1.807, 2.05) is 0 Å². The first kappa shape index (κ1) is 23.5. The first-order valence-corrected chi connectivity index (χ1v) is 11.5. The molecule has 7 nitrogen and oxygen atoms in total. The fraction of sp³-hybridized carbons (Fsp3) is 0.737. The second kappa shape index (κ2) is 13.6. The van der Waals surface area contributed by atoms with Gasteiger partial charge in [0, 0.05) is 6.54 Å². The maximum Gasteiger partial charge on any atom is 0.407 e. The topological polar surface area (TPSA) is 106 Å². The molecular formula is C19H33NO6S. The van der Waals surface area contributed by atoms with Crippen molar-refractivity contribution in [3.8, 4) is 0 Å². The van der Waals surface area contributed by atoms with Crippen LogP contribution in [-0.2, 0) is 14.9 Å². The highest BCUT2D eigenvalue weighted by Crippen LogP contribution is 2.25. The van der Waals surface area contributed by atoms with E-state index >= 15 is 0 Å². The summed E-state index contributed by atoms with van der Waals surface area (Å²) in [5.41, 5.74) is 0. The van der Waals surface area contributed by atoms with Crippen molar-refractivity contribution in [1.82, 2.24) is 5.32 Å². The summed E-state index contributed by atoms with van der Waals surface area (Å²) in [5, 5.41) is 2.50. The monoisotopic (exact) mass is 403 g/mol. The number of furan rings is 1. The van der Waals surface area contributed by atoms with Gasteiger partial charge < -0.3 is 14.5 Å². The minimum Gasteiger partial charge on any atom is -0.465 e. The zero-order valence-corrected chi connectivity index (χ0v) is 17.0. The molecule has 1 unspecified atom stereocenters. The quantitative estimate of drug-likeness (QED) is 0.320. The molecule has 1 aromatic rings. The molecule has 1 heterocycles. The molecule has 27 heavy (non-hydrogen) atoms. The maximum absolute atomic E-state index is 11.9. The van der Waals surface area contributed by atoms with Gasteiger partial charge >= 0.3 is 6.09 Å². The zero-order valence-electron chi connectivity index (χ0n) is 16.2. The van der Waals surface area contributed by atoms with Crippen LogP contribution in [0.4, 0.5) is 4.79 Å². The normalized spacial score (nSPS) is 12.7. The minimum atomic E-state index is -4.01. The molecule has 1 amide bonds. The summed E-state index contributed by atoms with van der Waals surface area (Å²) in [6, 6.07) is 3.53. The lowest BCUT2D eigenvalue weighted by atomic mass is 10.0. The van der Waals surface area contributed by atoms with Gasteiger partial charge in [-0.05, 0) is 31.4 Å². The second-order valence-electron chi connectivity index (χ2n) is 6.74. The van der Waals surface area contributed by atoms with Gasteiger partial charge in [0.2, 0.25) is 0 Å². The fourth-order valence-electron chi connectivity index (χ4n) is 2.81. The number of rotatable bonds is 15. The number of nitrogens with one attached hydrogen (secondary N) is 1. The molecule has 1 atom stereocenters. The van der Waals surface area contributed by atoms with Gasteiger partial charge in [-0.1, -0.05) is 51.9 Å². The average molecular weight is 404 g/mol. The molecule has 0 spiro atoms. The molecule has 8 heteroatoms. The predicted octanol–water partition coefficient (Wildman–Crippen LogP) is 4.86. The molecule has 1 aromatic heterocycles. The lowest BCUT2D eigenvalue weighted by molar-refractivity contribution is 0.0778. The van der Waals surface area contributed by atoms with Crippen LogP contribution in [-0.4, -0.2) is 31.4 Å². The molecular weight excluding hydrogens is 370 g/mol. The number of hydrogen-bond acceptors (Lipinski definition) is 5. The molecule has 0 aliphatic rings. The number of carbonyl (C=O) groups is 1. The van der Waals surface area contributed by atoms with Crippen LogP contribution in [0.15, 0.2) is 22.8 Å².